The minimum absolute atomic E-state index is 0.0600. The Morgan fingerprint density at radius 3 is 2.56 bits per heavy atom. The van der Waals surface area contributed by atoms with Crippen molar-refractivity contribution in [2.75, 3.05) is 13.2 Å². The maximum absolute atomic E-state index is 13.3. The van der Waals surface area contributed by atoms with Gasteiger partial charge in [-0.25, -0.2) is 4.39 Å². The second-order valence-electron chi connectivity index (χ2n) is 4.83. The summed E-state index contributed by atoms with van der Waals surface area (Å²) in [7, 11) is 0. The van der Waals surface area contributed by atoms with Crippen molar-refractivity contribution >= 4 is 5.91 Å². The average Bonchev–Trinajstić information content (AvgIpc) is 2.58. The number of rotatable bonds is 4. The van der Waals surface area contributed by atoms with Gasteiger partial charge >= 0.3 is 6.18 Å². The van der Waals surface area contributed by atoms with E-state index < -0.39 is 23.5 Å². The highest BCUT2D eigenvalue weighted by molar-refractivity contribution is 5.94. The van der Waals surface area contributed by atoms with Crippen molar-refractivity contribution in [3.8, 4) is 17.6 Å². The largest absolute Gasteiger partial charge is 0.478 e. The van der Waals surface area contributed by atoms with Crippen LogP contribution in [0.2, 0.25) is 0 Å². The number of alkyl halides is 3. The van der Waals surface area contributed by atoms with Gasteiger partial charge in [0.05, 0.1) is 12.1 Å². The third kappa shape index (κ3) is 5.53. The molecular formula is C18H13F4NO2. The monoisotopic (exact) mass is 351 g/mol. The van der Waals surface area contributed by atoms with Gasteiger partial charge in [0, 0.05) is 5.56 Å². The fraction of sp³-hybridized carbons (Fsp3) is 0.167. The van der Waals surface area contributed by atoms with E-state index in [1.807, 2.05) is 0 Å². The molecule has 0 radical (unpaired) electrons. The topological polar surface area (TPSA) is 38.3 Å². The van der Waals surface area contributed by atoms with Gasteiger partial charge < -0.3 is 10.1 Å². The average molecular weight is 351 g/mol. The van der Waals surface area contributed by atoms with Crippen LogP contribution >= 0.6 is 0 Å². The molecule has 0 fully saturated rings. The van der Waals surface area contributed by atoms with Crippen LogP contribution < -0.4 is 10.1 Å². The fourth-order valence-electron chi connectivity index (χ4n) is 1.85. The highest BCUT2D eigenvalue weighted by Crippen LogP contribution is 2.29. The molecule has 0 aliphatic rings. The Hall–Kier alpha value is -3.01. The molecule has 2 aromatic carbocycles. The molecule has 0 bridgehead atoms. The number of amides is 1. The van der Waals surface area contributed by atoms with E-state index in [1.165, 1.54) is 24.3 Å². The Balaban J connectivity index is 1.82. The summed E-state index contributed by atoms with van der Waals surface area (Å²) < 4.78 is 56.1. The van der Waals surface area contributed by atoms with Gasteiger partial charge in [-0.2, -0.15) is 13.2 Å². The zero-order chi connectivity index (χ0) is 18.3. The molecular weight excluding hydrogens is 338 g/mol. The summed E-state index contributed by atoms with van der Waals surface area (Å²) in [5.41, 5.74) is -1.01. The number of halogens is 4. The molecule has 1 N–H and O–H groups in total. The molecule has 0 aromatic heterocycles. The molecule has 0 unspecified atom stereocenters. The molecule has 25 heavy (non-hydrogen) atoms. The zero-order valence-corrected chi connectivity index (χ0v) is 12.9. The van der Waals surface area contributed by atoms with E-state index in [9.17, 15) is 22.4 Å². The molecule has 130 valence electrons. The number of hydrogen-bond donors (Lipinski definition) is 1. The van der Waals surface area contributed by atoms with Crippen LogP contribution in [0, 0.1) is 17.7 Å². The number of hydrogen-bond acceptors (Lipinski definition) is 2. The van der Waals surface area contributed by atoms with Crippen molar-refractivity contribution in [2.45, 2.75) is 6.18 Å². The molecule has 0 atom stereocenters. The van der Waals surface area contributed by atoms with Gasteiger partial charge in [0.1, 0.15) is 6.61 Å². The Bertz CT molecular complexity index is 806. The summed E-state index contributed by atoms with van der Waals surface area (Å²) in [6.45, 7) is -0.157. The minimum atomic E-state index is -4.51. The quantitative estimate of drug-likeness (QED) is 0.674. The first-order chi connectivity index (χ1) is 11.9. The van der Waals surface area contributed by atoms with Crippen molar-refractivity contribution in [3.63, 3.8) is 0 Å². The van der Waals surface area contributed by atoms with E-state index in [-0.39, 0.29) is 24.5 Å². The third-order valence-electron chi connectivity index (χ3n) is 3.05. The van der Waals surface area contributed by atoms with Crippen molar-refractivity contribution in [2.24, 2.45) is 0 Å². The van der Waals surface area contributed by atoms with Gasteiger partial charge in [-0.1, -0.05) is 30.0 Å². The molecule has 0 saturated carbocycles. The number of benzene rings is 2. The van der Waals surface area contributed by atoms with E-state index in [1.54, 1.807) is 6.07 Å². The lowest BCUT2D eigenvalue weighted by Gasteiger charge is -2.08. The van der Waals surface area contributed by atoms with E-state index >= 15 is 0 Å². The summed E-state index contributed by atoms with van der Waals surface area (Å²) in [5, 5.41) is 2.38. The van der Waals surface area contributed by atoms with Gasteiger partial charge in [0.15, 0.2) is 11.6 Å². The maximum atomic E-state index is 13.3. The van der Waals surface area contributed by atoms with Crippen LogP contribution in [0.4, 0.5) is 17.6 Å². The summed E-state index contributed by atoms with van der Waals surface area (Å²) in [4.78, 5) is 11.8. The highest BCUT2D eigenvalue weighted by Gasteiger charge is 2.30. The first-order valence-electron chi connectivity index (χ1n) is 7.16. The third-order valence-corrected chi connectivity index (χ3v) is 3.05. The number of ether oxygens (including phenoxy) is 1. The molecule has 7 heteroatoms. The maximum Gasteiger partial charge on any atom is 0.416 e. The molecule has 0 spiro atoms. The first kappa shape index (κ1) is 18.3. The zero-order valence-electron chi connectivity index (χ0n) is 12.9. The van der Waals surface area contributed by atoms with Gasteiger partial charge in [-0.3, -0.25) is 4.79 Å². The highest BCUT2D eigenvalue weighted by atomic mass is 19.4. The number of carbonyl (C=O) groups is 1. The van der Waals surface area contributed by atoms with E-state index in [4.69, 9.17) is 4.74 Å². The first-order valence-corrected chi connectivity index (χ1v) is 7.16. The van der Waals surface area contributed by atoms with E-state index in [0.29, 0.717) is 0 Å². The van der Waals surface area contributed by atoms with Gasteiger partial charge in [0.25, 0.3) is 5.91 Å². The number of carbonyl (C=O) groups excluding carboxylic acids is 1. The Labute approximate surface area is 141 Å². The van der Waals surface area contributed by atoms with Crippen LogP contribution in [0.3, 0.4) is 0 Å². The summed E-state index contributed by atoms with van der Waals surface area (Å²) >= 11 is 0. The van der Waals surface area contributed by atoms with Crippen molar-refractivity contribution in [1.29, 1.82) is 0 Å². The number of nitrogens with one attached hydrogen (secondary N) is 1. The van der Waals surface area contributed by atoms with Crippen molar-refractivity contribution in [3.05, 3.63) is 65.5 Å². The molecule has 0 saturated heterocycles. The molecule has 2 rings (SSSR count). The lowest BCUT2D eigenvalue weighted by molar-refractivity contribution is -0.137. The summed E-state index contributed by atoms with van der Waals surface area (Å²) in [6.07, 6.45) is -4.51. The Kier molecular flexibility index (Phi) is 6.01. The molecule has 1 amide bonds. The molecule has 3 nitrogen and oxygen atoms in total. The van der Waals surface area contributed by atoms with Gasteiger partial charge in [-0.15, -0.1) is 0 Å². The predicted octanol–water partition coefficient (Wildman–Crippen LogP) is 3.66. The van der Waals surface area contributed by atoms with Crippen molar-refractivity contribution < 1.29 is 27.1 Å². The lowest BCUT2D eigenvalue weighted by Crippen LogP contribution is -2.24. The Morgan fingerprint density at radius 2 is 1.84 bits per heavy atom. The van der Waals surface area contributed by atoms with Crippen LogP contribution in [-0.2, 0) is 6.18 Å². The van der Waals surface area contributed by atoms with Crippen LogP contribution in [0.1, 0.15) is 15.9 Å². The minimum Gasteiger partial charge on any atom is -0.478 e. The molecule has 0 aliphatic carbocycles. The summed E-state index contributed by atoms with van der Waals surface area (Å²) in [5.74, 6) is 4.02. The Morgan fingerprint density at radius 1 is 1.08 bits per heavy atom. The van der Waals surface area contributed by atoms with Crippen LogP contribution in [0.15, 0.2) is 48.5 Å². The fourth-order valence-corrected chi connectivity index (χ4v) is 1.85. The number of para-hydroxylation sites is 1. The normalized spacial score (nSPS) is 10.6. The van der Waals surface area contributed by atoms with E-state index in [2.05, 4.69) is 17.2 Å². The second kappa shape index (κ2) is 8.20. The molecule has 0 heterocycles. The van der Waals surface area contributed by atoms with Gasteiger partial charge in [-0.05, 0) is 30.3 Å². The summed E-state index contributed by atoms with van der Waals surface area (Å²) in [6, 6.07) is 9.93. The SMILES string of the molecule is O=C(NCC#CCOc1ccccc1F)c1cccc(C(F)(F)F)c1. The van der Waals surface area contributed by atoms with Gasteiger partial charge in [0.2, 0.25) is 0 Å². The van der Waals surface area contributed by atoms with Crippen molar-refractivity contribution in [1.82, 2.24) is 5.32 Å². The van der Waals surface area contributed by atoms with Crippen LogP contribution in [-0.4, -0.2) is 19.1 Å². The molecule has 2 aromatic rings. The predicted molar refractivity (Wildman–Crippen MR) is 83.4 cm³/mol. The van der Waals surface area contributed by atoms with Crippen LogP contribution in [0.25, 0.3) is 0 Å². The smallest absolute Gasteiger partial charge is 0.416 e. The molecule has 0 aliphatic heterocycles. The second-order valence-corrected chi connectivity index (χ2v) is 4.83. The van der Waals surface area contributed by atoms with E-state index in [0.717, 1.165) is 18.2 Å². The van der Waals surface area contributed by atoms with Crippen LogP contribution in [0.5, 0.6) is 5.75 Å². The lowest BCUT2D eigenvalue weighted by atomic mass is 10.1. The standard InChI is InChI=1S/C18H13F4NO2/c19-15-8-1-2-9-16(15)25-11-4-3-10-23-17(24)13-6-5-7-14(12-13)18(20,21)22/h1-2,5-9,12H,10-11H2,(H,23,24).